The van der Waals surface area contributed by atoms with Crippen LogP contribution >= 0.6 is 0 Å². The van der Waals surface area contributed by atoms with Gasteiger partial charge in [-0.15, -0.1) is 0 Å². The molecule has 0 spiro atoms. The van der Waals surface area contributed by atoms with Crippen molar-refractivity contribution in [1.82, 2.24) is 4.90 Å². The zero-order chi connectivity index (χ0) is 17.8. The molecule has 3 rings (SSSR count). The van der Waals surface area contributed by atoms with E-state index in [2.05, 4.69) is 5.32 Å². The van der Waals surface area contributed by atoms with Gasteiger partial charge in [-0.2, -0.15) is 0 Å². The van der Waals surface area contributed by atoms with Crippen molar-refractivity contribution >= 4 is 11.6 Å². The molecule has 1 amide bonds. The second kappa shape index (κ2) is 7.53. The number of hydrogen-bond donors (Lipinski definition) is 1. The van der Waals surface area contributed by atoms with Crippen LogP contribution in [0.1, 0.15) is 6.92 Å². The lowest BCUT2D eigenvalue weighted by molar-refractivity contribution is -0.120. The normalized spacial score (nSPS) is 17.2. The Balaban J connectivity index is 1.54. The zero-order valence-corrected chi connectivity index (χ0v) is 14.2. The van der Waals surface area contributed by atoms with Crippen LogP contribution in [0.5, 0.6) is 11.5 Å². The fourth-order valence-electron chi connectivity index (χ4n) is 2.61. The van der Waals surface area contributed by atoms with Crippen molar-refractivity contribution in [3.63, 3.8) is 0 Å². The van der Waals surface area contributed by atoms with Crippen LogP contribution in [0.3, 0.4) is 0 Å². The fourth-order valence-corrected chi connectivity index (χ4v) is 2.61. The van der Waals surface area contributed by atoms with E-state index in [1.165, 1.54) is 24.3 Å². The number of nitrogens with one attached hydrogen (secondary N) is 1. The van der Waals surface area contributed by atoms with Crippen molar-refractivity contribution in [2.75, 3.05) is 25.5 Å². The van der Waals surface area contributed by atoms with Gasteiger partial charge < -0.3 is 14.8 Å². The number of carbonyl (C=O) groups excluding carboxylic acids is 1. The highest BCUT2D eigenvalue weighted by molar-refractivity contribution is 5.94. The number of ether oxygens (including phenoxy) is 2. The van der Waals surface area contributed by atoms with Crippen LogP contribution < -0.4 is 14.8 Å². The van der Waals surface area contributed by atoms with Gasteiger partial charge in [0.25, 0.3) is 0 Å². The number of halogens is 1. The van der Waals surface area contributed by atoms with Gasteiger partial charge in [-0.05, 0) is 50.4 Å². The molecule has 1 N–H and O–H groups in total. The van der Waals surface area contributed by atoms with E-state index in [9.17, 15) is 9.18 Å². The first-order valence-corrected chi connectivity index (χ1v) is 8.18. The molecule has 0 aliphatic carbocycles. The predicted octanol–water partition coefficient (Wildman–Crippen LogP) is 2.92. The summed E-state index contributed by atoms with van der Waals surface area (Å²) in [7, 11) is 1.86. The van der Waals surface area contributed by atoms with Crippen LogP contribution in [-0.2, 0) is 4.79 Å². The minimum atomic E-state index is -0.370. The third-order valence-electron chi connectivity index (χ3n) is 4.21. The van der Waals surface area contributed by atoms with Gasteiger partial charge in [0.2, 0.25) is 5.91 Å². The first-order chi connectivity index (χ1) is 12.0. The molecule has 1 heterocycles. The Morgan fingerprint density at radius 2 is 1.92 bits per heavy atom. The summed E-state index contributed by atoms with van der Waals surface area (Å²) in [6.45, 7) is 2.80. The van der Waals surface area contributed by atoms with E-state index in [-0.39, 0.29) is 23.9 Å². The molecule has 0 bridgehead atoms. The molecule has 2 atom stereocenters. The van der Waals surface area contributed by atoms with Gasteiger partial charge in [0.05, 0.1) is 6.04 Å². The smallest absolute Gasteiger partial charge is 0.241 e. The molecule has 0 saturated heterocycles. The second-order valence-corrected chi connectivity index (χ2v) is 6.11. The van der Waals surface area contributed by atoms with Crippen molar-refractivity contribution < 1.29 is 18.7 Å². The molecule has 2 aromatic rings. The monoisotopic (exact) mass is 344 g/mol. The van der Waals surface area contributed by atoms with Crippen molar-refractivity contribution in [2.45, 2.75) is 19.1 Å². The van der Waals surface area contributed by atoms with Crippen molar-refractivity contribution in [3.05, 3.63) is 54.3 Å². The van der Waals surface area contributed by atoms with E-state index in [0.29, 0.717) is 18.8 Å². The Hall–Kier alpha value is -2.60. The quantitative estimate of drug-likeness (QED) is 0.906. The molecule has 0 fully saturated rings. The third kappa shape index (κ3) is 4.28. The van der Waals surface area contributed by atoms with Crippen LogP contribution in [0.25, 0.3) is 0 Å². The number of nitrogens with zero attached hydrogens (tertiary/aromatic N) is 1. The van der Waals surface area contributed by atoms with Crippen molar-refractivity contribution in [2.24, 2.45) is 0 Å². The number of likely N-dealkylation sites (N-methyl/N-ethyl adjacent to an activating group) is 1. The van der Waals surface area contributed by atoms with E-state index in [4.69, 9.17) is 9.47 Å². The van der Waals surface area contributed by atoms with Gasteiger partial charge >= 0.3 is 0 Å². The standard InChI is InChI=1S/C19H21FN2O3/c1-13(19(23)21-15-9-7-14(20)8-10-15)22(2)11-16-12-24-17-5-3-4-6-18(17)25-16/h3-10,13,16H,11-12H2,1-2H3,(H,21,23)/t13-,16+/m0/s1. The maximum atomic E-state index is 12.9. The molecule has 1 aliphatic heterocycles. The van der Waals surface area contributed by atoms with Crippen LogP contribution in [-0.4, -0.2) is 43.2 Å². The highest BCUT2D eigenvalue weighted by Crippen LogP contribution is 2.31. The topological polar surface area (TPSA) is 50.8 Å². The van der Waals surface area contributed by atoms with E-state index >= 15 is 0 Å². The molecule has 0 radical (unpaired) electrons. The minimum Gasteiger partial charge on any atom is -0.486 e. The fraction of sp³-hybridized carbons (Fsp3) is 0.316. The summed E-state index contributed by atoms with van der Waals surface area (Å²) in [6.07, 6.45) is -0.152. The third-order valence-corrected chi connectivity index (χ3v) is 4.21. The summed E-state index contributed by atoms with van der Waals surface area (Å²) >= 11 is 0. The largest absolute Gasteiger partial charge is 0.486 e. The number of fused-ring (bicyclic) bond motifs is 1. The number of carbonyl (C=O) groups is 1. The molecule has 2 aromatic carbocycles. The zero-order valence-electron chi connectivity index (χ0n) is 14.2. The van der Waals surface area contributed by atoms with Crippen LogP contribution in [0.4, 0.5) is 10.1 Å². The number of benzene rings is 2. The molecule has 1 aliphatic rings. The van der Waals surface area contributed by atoms with Gasteiger partial charge in [-0.3, -0.25) is 9.69 Å². The van der Waals surface area contributed by atoms with E-state index in [1.54, 1.807) is 0 Å². The summed E-state index contributed by atoms with van der Waals surface area (Å²) in [4.78, 5) is 14.3. The predicted molar refractivity (Wildman–Crippen MR) is 93.5 cm³/mol. The summed E-state index contributed by atoms with van der Waals surface area (Å²) < 4.78 is 24.6. The molecule has 132 valence electrons. The lowest BCUT2D eigenvalue weighted by Crippen LogP contribution is -2.46. The first kappa shape index (κ1) is 17.2. The molecular weight excluding hydrogens is 323 g/mol. The molecule has 0 aromatic heterocycles. The molecule has 0 saturated carbocycles. The Labute approximate surface area is 146 Å². The molecule has 5 nitrogen and oxygen atoms in total. The highest BCUT2D eigenvalue weighted by atomic mass is 19.1. The van der Waals surface area contributed by atoms with E-state index in [1.807, 2.05) is 43.1 Å². The van der Waals surface area contributed by atoms with Gasteiger partial charge in [0.15, 0.2) is 11.5 Å². The summed E-state index contributed by atoms with van der Waals surface area (Å²) in [5.41, 5.74) is 0.567. The summed E-state index contributed by atoms with van der Waals surface area (Å²) in [5, 5.41) is 2.78. The van der Waals surface area contributed by atoms with E-state index in [0.717, 1.165) is 11.5 Å². The maximum absolute atomic E-state index is 12.9. The SMILES string of the molecule is C[C@@H](C(=O)Nc1ccc(F)cc1)N(C)C[C@@H]1COc2ccccc2O1. The number of rotatable bonds is 5. The molecular formula is C19H21FN2O3. The van der Waals surface area contributed by atoms with Crippen molar-refractivity contribution in [1.29, 1.82) is 0 Å². The average Bonchev–Trinajstić information content (AvgIpc) is 2.62. The minimum absolute atomic E-state index is 0.152. The Morgan fingerprint density at radius 3 is 2.64 bits per heavy atom. The number of hydrogen-bond acceptors (Lipinski definition) is 4. The Kier molecular flexibility index (Phi) is 5.19. The maximum Gasteiger partial charge on any atom is 0.241 e. The number of para-hydroxylation sites is 2. The number of anilines is 1. The second-order valence-electron chi connectivity index (χ2n) is 6.11. The van der Waals surface area contributed by atoms with E-state index < -0.39 is 0 Å². The van der Waals surface area contributed by atoms with Crippen molar-refractivity contribution in [3.8, 4) is 11.5 Å². The number of amides is 1. The summed E-state index contributed by atoms with van der Waals surface area (Å²) in [5.74, 6) is 0.961. The van der Waals surface area contributed by atoms with Gasteiger partial charge in [-0.25, -0.2) is 4.39 Å². The van der Waals surface area contributed by atoms with Gasteiger partial charge in [-0.1, -0.05) is 12.1 Å². The average molecular weight is 344 g/mol. The van der Waals surface area contributed by atoms with Crippen LogP contribution in [0, 0.1) is 5.82 Å². The molecule has 6 heteroatoms. The Bertz CT molecular complexity index is 736. The van der Waals surface area contributed by atoms with Crippen LogP contribution in [0.2, 0.25) is 0 Å². The molecule has 25 heavy (non-hydrogen) atoms. The summed E-state index contributed by atoms with van der Waals surface area (Å²) in [6, 6.07) is 12.9. The first-order valence-electron chi connectivity index (χ1n) is 8.18. The molecule has 0 unspecified atom stereocenters. The Morgan fingerprint density at radius 1 is 1.24 bits per heavy atom. The lowest BCUT2D eigenvalue weighted by Gasteiger charge is -2.31. The lowest BCUT2D eigenvalue weighted by atomic mass is 10.2. The van der Waals surface area contributed by atoms with Gasteiger partial charge in [0.1, 0.15) is 18.5 Å². The van der Waals surface area contributed by atoms with Crippen LogP contribution in [0.15, 0.2) is 48.5 Å². The highest BCUT2D eigenvalue weighted by Gasteiger charge is 2.26. The van der Waals surface area contributed by atoms with Gasteiger partial charge in [0, 0.05) is 12.2 Å².